The second-order valence-corrected chi connectivity index (χ2v) is 5.48. The Labute approximate surface area is 126 Å². The summed E-state index contributed by atoms with van der Waals surface area (Å²) in [5, 5.41) is 6.13. The molecule has 0 unspecified atom stereocenters. The minimum Gasteiger partial charge on any atom is -0.497 e. The van der Waals surface area contributed by atoms with Crippen LogP contribution >= 0.6 is 0 Å². The van der Waals surface area contributed by atoms with Crippen LogP contribution in [-0.4, -0.2) is 44.7 Å². The first-order chi connectivity index (χ1) is 10.2. The number of anilines is 1. The van der Waals surface area contributed by atoms with Crippen molar-refractivity contribution in [2.75, 3.05) is 39.1 Å². The minimum atomic E-state index is -0.00719. The van der Waals surface area contributed by atoms with Gasteiger partial charge in [0.2, 0.25) is 0 Å². The molecule has 0 bridgehead atoms. The third-order valence-corrected chi connectivity index (χ3v) is 4.05. The van der Waals surface area contributed by atoms with Crippen molar-refractivity contribution < 1.29 is 9.53 Å². The number of likely N-dealkylation sites (tertiary alicyclic amines) is 1. The first kappa shape index (κ1) is 15.6. The number of methoxy groups -OCH3 is 1. The van der Waals surface area contributed by atoms with E-state index in [2.05, 4.69) is 10.6 Å². The van der Waals surface area contributed by atoms with Crippen LogP contribution in [0.25, 0.3) is 0 Å². The molecule has 1 aromatic carbocycles. The van der Waals surface area contributed by atoms with Crippen molar-refractivity contribution in [3.8, 4) is 5.75 Å². The van der Waals surface area contributed by atoms with Gasteiger partial charge in [0, 0.05) is 18.8 Å². The van der Waals surface area contributed by atoms with Gasteiger partial charge in [-0.3, -0.25) is 0 Å². The number of ether oxygens (including phenoxy) is 1. The molecule has 116 valence electrons. The Balaban J connectivity index is 1.78. The van der Waals surface area contributed by atoms with Gasteiger partial charge >= 0.3 is 6.03 Å². The first-order valence-electron chi connectivity index (χ1n) is 7.57. The first-order valence-corrected chi connectivity index (χ1v) is 7.57. The molecule has 0 spiro atoms. The highest BCUT2D eigenvalue weighted by Crippen LogP contribution is 2.21. The number of carbonyl (C=O) groups is 1. The van der Waals surface area contributed by atoms with Gasteiger partial charge in [0.25, 0.3) is 0 Å². The average molecular weight is 291 g/mol. The van der Waals surface area contributed by atoms with E-state index in [-0.39, 0.29) is 6.03 Å². The summed E-state index contributed by atoms with van der Waals surface area (Å²) in [7, 11) is 3.61. The van der Waals surface area contributed by atoms with Crippen LogP contribution in [-0.2, 0) is 0 Å². The summed E-state index contributed by atoms with van der Waals surface area (Å²) in [6.07, 6.45) is 3.39. The summed E-state index contributed by atoms with van der Waals surface area (Å²) in [4.78, 5) is 14.1. The van der Waals surface area contributed by atoms with Crippen LogP contribution in [0.4, 0.5) is 10.5 Å². The molecule has 1 aliphatic heterocycles. The average Bonchev–Trinajstić information content (AvgIpc) is 2.54. The van der Waals surface area contributed by atoms with E-state index >= 15 is 0 Å². The predicted molar refractivity (Wildman–Crippen MR) is 84.9 cm³/mol. The zero-order chi connectivity index (χ0) is 15.1. The summed E-state index contributed by atoms with van der Waals surface area (Å²) in [6.45, 7) is 2.75. The van der Waals surface area contributed by atoms with Crippen LogP contribution in [0.3, 0.4) is 0 Å². The largest absolute Gasteiger partial charge is 0.497 e. The van der Waals surface area contributed by atoms with Gasteiger partial charge in [0.05, 0.1) is 7.11 Å². The maximum atomic E-state index is 12.2. The van der Waals surface area contributed by atoms with Crippen molar-refractivity contribution in [3.63, 3.8) is 0 Å². The van der Waals surface area contributed by atoms with Crippen molar-refractivity contribution in [2.24, 2.45) is 5.92 Å². The predicted octanol–water partition coefficient (Wildman–Crippen LogP) is 2.55. The van der Waals surface area contributed by atoms with Gasteiger partial charge in [-0.2, -0.15) is 0 Å². The summed E-state index contributed by atoms with van der Waals surface area (Å²) >= 11 is 0. The lowest BCUT2D eigenvalue weighted by Gasteiger charge is -2.32. The molecule has 0 radical (unpaired) electrons. The molecular weight excluding hydrogens is 266 g/mol. The van der Waals surface area contributed by atoms with Crippen molar-refractivity contribution >= 4 is 11.7 Å². The number of carbonyl (C=O) groups excluding carboxylic acids is 1. The molecule has 1 aromatic rings. The summed E-state index contributed by atoms with van der Waals surface area (Å²) in [5.41, 5.74) is 0.804. The maximum Gasteiger partial charge on any atom is 0.321 e. The summed E-state index contributed by atoms with van der Waals surface area (Å²) in [5.74, 6) is 1.53. The standard InChI is InChI=1S/C16H25N3O2/c1-17-10-7-13-8-11-19(12-9-13)16(20)18-14-3-5-15(21-2)6-4-14/h3-6,13,17H,7-12H2,1-2H3,(H,18,20). The normalized spacial score (nSPS) is 15.8. The molecule has 1 aliphatic rings. The van der Waals surface area contributed by atoms with Gasteiger partial charge < -0.3 is 20.3 Å². The summed E-state index contributed by atoms with van der Waals surface area (Å²) < 4.78 is 5.11. The zero-order valence-electron chi connectivity index (χ0n) is 12.9. The fraction of sp³-hybridized carbons (Fsp3) is 0.562. The Bertz CT molecular complexity index is 439. The van der Waals surface area contributed by atoms with E-state index in [1.165, 1.54) is 6.42 Å². The molecule has 2 amide bonds. The molecule has 5 nitrogen and oxygen atoms in total. The molecule has 2 rings (SSSR count). The molecule has 0 atom stereocenters. The molecule has 0 aliphatic carbocycles. The van der Waals surface area contributed by atoms with E-state index in [0.29, 0.717) is 0 Å². The number of urea groups is 1. The molecule has 0 saturated carbocycles. The molecule has 1 fully saturated rings. The van der Waals surface area contributed by atoms with E-state index in [1.807, 2.05) is 36.2 Å². The summed E-state index contributed by atoms with van der Waals surface area (Å²) in [6, 6.07) is 7.40. The Morgan fingerprint density at radius 2 is 1.95 bits per heavy atom. The third kappa shape index (κ3) is 4.63. The second-order valence-electron chi connectivity index (χ2n) is 5.48. The van der Waals surface area contributed by atoms with E-state index in [0.717, 1.165) is 49.8 Å². The Morgan fingerprint density at radius 3 is 2.52 bits per heavy atom. The number of rotatable bonds is 5. The second kappa shape index (κ2) is 7.88. The van der Waals surface area contributed by atoms with Crippen molar-refractivity contribution in [3.05, 3.63) is 24.3 Å². The van der Waals surface area contributed by atoms with Crippen LogP contribution < -0.4 is 15.4 Å². The third-order valence-electron chi connectivity index (χ3n) is 4.05. The molecule has 0 aromatic heterocycles. The van der Waals surface area contributed by atoms with Crippen LogP contribution in [0.2, 0.25) is 0 Å². The molecule has 5 heteroatoms. The highest BCUT2D eigenvalue weighted by Gasteiger charge is 2.22. The SMILES string of the molecule is CNCCC1CCN(C(=O)Nc2ccc(OC)cc2)CC1. The topological polar surface area (TPSA) is 53.6 Å². The molecule has 2 N–H and O–H groups in total. The number of amides is 2. The fourth-order valence-electron chi connectivity index (χ4n) is 2.65. The number of piperidine rings is 1. The lowest BCUT2D eigenvalue weighted by molar-refractivity contribution is 0.180. The van der Waals surface area contributed by atoms with Gasteiger partial charge in [0.15, 0.2) is 0 Å². The van der Waals surface area contributed by atoms with Gasteiger partial charge in [0.1, 0.15) is 5.75 Å². The highest BCUT2D eigenvalue weighted by atomic mass is 16.5. The maximum absolute atomic E-state index is 12.2. The monoisotopic (exact) mass is 291 g/mol. The van der Waals surface area contributed by atoms with Gasteiger partial charge in [-0.15, -0.1) is 0 Å². The molecule has 1 heterocycles. The van der Waals surface area contributed by atoms with Crippen LogP contribution in [0.5, 0.6) is 5.75 Å². The Morgan fingerprint density at radius 1 is 1.29 bits per heavy atom. The fourth-order valence-corrected chi connectivity index (χ4v) is 2.65. The van der Waals surface area contributed by atoms with E-state index in [1.54, 1.807) is 7.11 Å². The van der Waals surface area contributed by atoms with E-state index in [4.69, 9.17) is 4.74 Å². The number of hydrogen-bond acceptors (Lipinski definition) is 3. The van der Waals surface area contributed by atoms with Crippen molar-refractivity contribution in [2.45, 2.75) is 19.3 Å². The van der Waals surface area contributed by atoms with Crippen LogP contribution in [0.15, 0.2) is 24.3 Å². The lowest BCUT2D eigenvalue weighted by Crippen LogP contribution is -2.41. The minimum absolute atomic E-state index is 0.00719. The van der Waals surface area contributed by atoms with E-state index in [9.17, 15) is 4.79 Å². The Kier molecular flexibility index (Phi) is 5.87. The highest BCUT2D eigenvalue weighted by molar-refractivity contribution is 5.89. The van der Waals surface area contributed by atoms with Crippen molar-refractivity contribution in [1.29, 1.82) is 0 Å². The smallest absolute Gasteiger partial charge is 0.321 e. The number of nitrogens with one attached hydrogen (secondary N) is 2. The van der Waals surface area contributed by atoms with E-state index < -0.39 is 0 Å². The Hall–Kier alpha value is -1.75. The van der Waals surface area contributed by atoms with Crippen LogP contribution in [0.1, 0.15) is 19.3 Å². The van der Waals surface area contributed by atoms with Gasteiger partial charge in [-0.1, -0.05) is 0 Å². The number of hydrogen-bond donors (Lipinski definition) is 2. The molecular formula is C16H25N3O2. The van der Waals surface area contributed by atoms with Gasteiger partial charge in [-0.25, -0.2) is 4.79 Å². The number of benzene rings is 1. The van der Waals surface area contributed by atoms with Crippen LogP contribution in [0, 0.1) is 5.92 Å². The lowest BCUT2D eigenvalue weighted by atomic mass is 9.94. The molecule has 1 saturated heterocycles. The number of nitrogens with zero attached hydrogens (tertiary/aromatic N) is 1. The quantitative estimate of drug-likeness (QED) is 0.876. The van der Waals surface area contributed by atoms with Crippen molar-refractivity contribution in [1.82, 2.24) is 10.2 Å². The van der Waals surface area contributed by atoms with Gasteiger partial charge in [-0.05, 0) is 63.0 Å². The zero-order valence-corrected chi connectivity index (χ0v) is 12.9. The molecule has 21 heavy (non-hydrogen) atoms.